The largest absolute Gasteiger partial charge is 0.354 e. The van der Waals surface area contributed by atoms with E-state index < -0.39 is 6.55 Å². The quantitative estimate of drug-likeness (QED) is 0.833. The molecule has 0 fully saturated rings. The fourth-order valence-electron chi connectivity index (χ4n) is 3.36. The minimum atomic E-state index is -2.70. The van der Waals surface area contributed by atoms with Crippen LogP contribution < -0.4 is 10.6 Å². The summed E-state index contributed by atoms with van der Waals surface area (Å²) in [5, 5.41) is 10.1. The molecule has 1 aliphatic heterocycles. The Hall–Kier alpha value is -1.99. The van der Waals surface area contributed by atoms with Crippen LogP contribution in [0.3, 0.4) is 0 Å². The number of amides is 1. The van der Waals surface area contributed by atoms with Gasteiger partial charge in [0.1, 0.15) is 0 Å². The molecular formula is C18H23ClF2N4O. The summed E-state index contributed by atoms with van der Waals surface area (Å²) in [6, 6.07) is 8.26. The number of nitrogens with one attached hydrogen (secondary N) is 2. The molecule has 26 heavy (non-hydrogen) atoms. The molecule has 3 rings (SSSR count). The van der Waals surface area contributed by atoms with E-state index in [0.717, 1.165) is 13.0 Å². The number of benzene rings is 1. The minimum Gasteiger partial charge on any atom is -0.354 e. The second-order valence-electron chi connectivity index (χ2n) is 6.31. The van der Waals surface area contributed by atoms with Gasteiger partial charge in [-0.05, 0) is 37.9 Å². The standard InChI is InChI=1S/C18H22F2N4O.ClH/c1-11-15(12(2)24(23-11)18(19)20)9-17(25)22-10-16-14-6-4-3-5-13(14)7-8-21-16;/h3-6,16,18,21H,7-10H2,1-2H3,(H,22,25);1H. The average Bonchev–Trinajstić information content (AvgIpc) is 2.88. The van der Waals surface area contributed by atoms with Crippen LogP contribution in [0.4, 0.5) is 8.78 Å². The van der Waals surface area contributed by atoms with E-state index in [1.54, 1.807) is 13.8 Å². The molecule has 0 radical (unpaired) electrons. The third-order valence-corrected chi connectivity index (χ3v) is 4.72. The summed E-state index contributed by atoms with van der Waals surface area (Å²) in [5.74, 6) is -0.190. The predicted octanol–water partition coefficient (Wildman–Crippen LogP) is 2.86. The molecule has 0 bridgehead atoms. The lowest BCUT2D eigenvalue weighted by molar-refractivity contribution is -0.120. The van der Waals surface area contributed by atoms with E-state index in [9.17, 15) is 13.6 Å². The zero-order valence-corrected chi connectivity index (χ0v) is 15.6. The van der Waals surface area contributed by atoms with Crippen molar-refractivity contribution in [1.82, 2.24) is 20.4 Å². The van der Waals surface area contributed by atoms with Crippen LogP contribution in [0.15, 0.2) is 24.3 Å². The summed E-state index contributed by atoms with van der Waals surface area (Å²) < 4.78 is 26.4. The van der Waals surface area contributed by atoms with Gasteiger partial charge in [-0.1, -0.05) is 24.3 Å². The second kappa shape index (κ2) is 8.60. The fourth-order valence-corrected chi connectivity index (χ4v) is 3.36. The maximum absolute atomic E-state index is 12.9. The van der Waals surface area contributed by atoms with Crippen LogP contribution >= 0.6 is 12.4 Å². The van der Waals surface area contributed by atoms with E-state index in [2.05, 4.69) is 27.9 Å². The van der Waals surface area contributed by atoms with Gasteiger partial charge in [-0.2, -0.15) is 13.9 Å². The lowest BCUT2D eigenvalue weighted by Gasteiger charge is -2.27. The Kier molecular flexibility index (Phi) is 6.72. The molecule has 1 aliphatic rings. The molecule has 2 N–H and O–H groups in total. The molecule has 8 heteroatoms. The Morgan fingerprint density at radius 3 is 2.81 bits per heavy atom. The van der Waals surface area contributed by atoms with Gasteiger partial charge in [0, 0.05) is 23.8 Å². The van der Waals surface area contributed by atoms with Crippen LogP contribution in [0.25, 0.3) is 0 Å². The van der Waals surface area contributed by atoms with Crippen LogP contribution in [-0.4, -0.2) is 28.8 Å². The number of hydrogen-bond acceptors (Lipinski definition) is 3. The number of carbonyl (C=O) groups is 1. The van der Waals surface area contributed by atoms with Crippen molar-refractivity contribution in [2.45, 2.75) is 39.3 Å². The van der Waals surface area contributed by atoms with Gasteiger partial charge in [-0.15, -0.1) is 12.4 Å². The lowest BCUT2D eigenvalue weighted by Crippen LogP contribution is -2.39. The average molecular weight is 385 g/mol. The highest BCUT2D eigenvalue weighted by Crippen LogP contribution is 2.22. The molecule has 1 aromatic heterocycles. The van der Waals surface area contributed by atoms with Gasteiger partial charge in [-0.3, -0.25) is 4.79 Å². The van der Waals surface area contributed by atoms with Gasteiger partial charge in [0.05, 0.1) is 12.1 Å². The fraction of sp³-hybridized carbons (Fsp3) is 0.444. The van der Waals surface area contributed by atoms with Crippen molar-refractivity contribution in [3.63, 3.8) is 0 Å². The first kappa shape index (κ1) is 20.3. The van der Waals surface area contributed by atoms with Crippen molar-refractivity contribution in [3.8, 4) is 0 Å². The van der Waals surface area contributed by atoms with Crippen molar-refractivity contribution in [2.24, 2.45) is 0 Å². The van der Waals surface area contributed by atoms with Crippen molar-refractivity contribution >= 4 is 18.3 Å². The predicted molar refractivity (Wildman–Crippen MR) is 97.8 cm³/mol. The van der Waals surface area contributed by atoms with Crippen LogP contribution in [-0.2, 0) is 17.6 Å². The number of aryl methyl sites for hydroxylation is 1. The molecule has 0 saturated heterocycles. The molecule has 142 valence electrons. The Labute approximate surface area is 157 Å². The molecule has 1 aromatic carbocycles. The molecule has 1 atom stereocenters. The number of aromatic nitrogens is 2. The molecule has 1 amide bonds. The molecule has 0 spiro atoms. The summed E-state index contributed by atoms with van der Waals surface area (Å²) in [4.78, 5) is 12.3. The molecule has 0 aliphatic carbocycles. The summed E-state index contributed by atoms with van der Waals surface area (Å²) >= 11 is 0. The first-order valence-electron chi connectivity index (χ1n) is 8.38. The molecular weight excluding hydrogens is 362 g/mol. The van der Waals surface area contributed by atoms with Gasteiger partial charge in [0.15, 0.2) is 0 Å². The third kappa shape index (κ3) is 4.22. The number of rotatable bonds is 5. The monoisotopic (exact) mass is 384 g/mol. The van der Waals surface area contributed by atoms with Crippen molar-refractivity contribution in [3.05, 3.63) is 52.3 Å². The molecule has 0 saturated carbocycles. The summed E-state index contributed by atoms with van der Waals surface area (Å²) in [6.07, 6.45) is 1.03. The van der Waals surface area contributed by atoms with Crippen LogP contribution in [0.5, 0.6) is 0 Å². The Bertz CT molecular complexity index is 779. The van der Waals surface area contributed by atoms with E-state index in [1.807, 2.05) is 12.1 Å². The first-order chi connectivity index (χ1) is 12.0. The number of hydrogen-bond donors (Lipinski definition) is 2. The van der Waals surface area contributed by atoms with Crippen molar-refractivity contribution in [1.29, 1.82) is 0 Å². The van der Waals surface area contributed by atoms with E-state index in [0.29, 0.717) is 28.2 Å². The van der Waals surface area contributed by atoms with E-state index in [-0.39, 0.29) is 30.8 Å². The molecule has 5 nitrogen and oxygen atoms in total. The number of alkyl halides is 2. The highest BCUT2D eigenvalue weighted by molar-refractivity contribution is 5.85. The summed E-state index contributed by atoms with van der Waals surface area (Å²) in [5.41, 5.74) is 3.87. The second-order valence-corrected chi connectivity index (χ2v) is 6.31. The maximum atomic E-state index is 12.9. The van der Waals surface area contributed by atoms with Gasteiger partial charge >= 0.3 is 6.55 Å². The van der Waals surface area contributed by atoms with E-state index in [4.69, 9.17) is 0 Å². The van der Waals surface area contributed by atoms with Crippen molar-refractivity contribution < 1.29 is 13.6 Å². The minimum absolute atomic E-state index is 0. The smallest absolute Gasteiger partial charge is 0.333 e. The Morgan fingerprint density at radius 1 is 1.38 bits per heavy atom. The van der Waals surface area contributed by atoms with Crippen molar-refractivity contribution in [2.75, 3.05) is 13.1 Å². The topological polar surface area (TPSA) is 59.0 Å². The lowest BCUT2D eigenvalue weighted by atomic mass is 9.94. The van der Waals surface area contributed by atoms with E-state index in [1.165, 1.54) is 11.1 Å². The highest BCUT2D eigenvalue weighted by atomic mass is 35.5. The maximum Gasteiger partial charge on any atom is 0.333 e. The summed E-state index contributed by atoms with van der Waals surface area (Å²) in [7, 11) is 0. The number of nitrogens with zero attached hydrogens (tertiary/aromatic N) is 2. The SMILES string of the molecule is Cc1nn(C(F)F)c(C)c1CC(=O)NCC1NCCc2ccccc21.Cl. The highest BCUT2D eigenvalue weighted by Gasteiger charge is 2.22. The number of halogens is 3. The third-order valence-electron chi connectivity index (χ3n) is 4.72. The summed E-state index contributed by atoms with van der Waals surface area (Å²) in [6.45, 7) is 1.85. The van der Waals surface area contributed by atoms with E-state index >= 15 is 0 Å². The Morgan fingerprint density at radius 2 is 2.12 bits per heavy atom. The van der Waals surface area contributed by atoms with Crippen LogP contribution in [0.1, 0.15) is 40.7 Å². The molecule has 2 heterocycles. The van der Waals surface area contributed by atoms with Gasteiger partial charge in [-0.25, -0.2) is 4.68 Å². The van der Waals surface area contributed by atoms with Gasteiger partial charge < -0.3 is 10.6 Å². The molecule has 1 unspecified atom stereocenters. The Balaban J connectivity index is 0.00000243. The number of carbonyl (C=O) groups excluding carboxylic acids is 1. The number of fused-ring (bicyclic) bond motifs is 1. The van der Waals surface area contributed by atoms with Gasteiger partial charge in [0.2, 0.25) is 5.91 Å². The first-order valence-corrected chi connectivity index (χ1v) is 8.38. The van der Waals surface area contributed by atoms with Crippen LogP contribution in [0, 0.1) is 13.8 Å². The molecule has 2 aromatic rings. The zero-order chi connectivity index (χ0) is 18.0. The zero-order valence-electron chi connectivity index (χ0n) is 14.8. The normalized spacial score (nSPS) is 16.1. The van der Waals surface area contributed by atoms with Crippen LogP contribution in [0.2, 0.25) is 0 Å². The van der Waals surface area contributed by atoms with Gasteiger partial charge in [0.25, 0.3) is 0 Å².